The number of nitrogens with zero attached hydrogens (tertiary/aromatic N) is 2. The number of aromatic nitrogens is 2. The van der Waals surface area contributed by atoms with Crippen LogP contribution in [-0.4, -0.2) is 16.1 Å². The molecule has 0 N–H and O–H groups in total. The molecule has 1 heterocycles. The van der Waals surface area contributed by atoms with Crippen LogP contribution in [0.25, 0.3) is 11.4 Å². The van der Waals surface area contributed by atoms with E-state index in [2.05, 4.69) is 10.1 Å². The number of halogens is 3. The van der Waals surface area contributed by atoms with Crippen LogP contribution in [0.3, 0.4) is 0 Å². The molecule has 0 aliphatic carbocycles. The second-order valence-corrected chi connectivity index (χ2v) is 5.13. The highest BCUT2D eigenvalue weighted by molar-refractivity contribution is 6.33. The van der Waals surface area contributed by atoms with Gasteiger partial charge in [0.2, 0.25) is 5.82 Å². The average molecular weight is 351 g/mol. The molecule has 0 bridgehead atoms. The van der Waals surface area contributed by atoms with E-state index in [-0.39, 0.29) is 23.9 Å². The lowest BCUT2D eigenvalue weighted by Crippen LogP contribution is -2.06. The maximum absolute atomic E-state index is 13.1. The molecule has 122 valence electrons. The van der Waals surface area contributed by atoms with Crippen molar-refractivity contribution in [3.63, 3.8) is 0 Å². The van der Waals surface area contributed by atoms with Gasteiger partial charge in [-0.25, -0.2) is 13.6 Å². The molecule has 0 spiro atoms. The standard InChI is InChI=1S/C16H9ClF2N2O3/c17-13-4-2-1-3-12(13)15-20-14(24-21-15)8-23-16(22)9-5-10(18)7-11(19)6-9/h1-7H,8H2. The molecule has 1 aromatic heterocycles. The third-order valence-corrected chi connectivity index (χ3v) is 3.34. The lowest BCUT2D eigenvalue weighted by atomic mass is 10.2. The molecule has 0 saturated heterocycles. The summed E-state index contributed by atoms with van der Waals surface area (Å²) in [6, 6.07) is 9.29. The quantitative estimate of drug-likeness (QED) is 0.665. The molecule has 0 aliphatic rings. The first-order valence-corrected chi connectivity index (χ1v) is 7.11. The minimum Gasteiger partial charge on any atom is -0.452 e. The summed E-state index contributed by atoms with van der Waals surface area (Å²) in [4.78, 5) is 15.8. The largest absolute Gasteiger partial charge is 0.452 e. The van der Waals surface area contributed by atoms with Crippen LogP contribution in [0.2, 0.25) is 5.02 Å². The maximum Gasteiger partial charge on any atom is 0.338 e. The smallest absolute Gasteiger partial charge is 0.338 e. The van der Waals surface area contributed by atoms with Gasteiger partial charge in [0, 0.05) is 11.6 Å². The highest BCUT2D eigenvalue weighted by Crippen LogP contribution is 2.25. The van der Waals surface area contributed by atoms with E-state index in [1.807, 2.05) is 0 Å². The first-order valence-electron chi connectivity index (χ1n) is 6.73. The molecule has 0 unspecified atom stereocenters. The van der Waals surface area contributed by atoms with Crippen molar-refractivity contribution in [2.24, 2.45) is 0 Å². The molecular formula is C16H9ClF2N2O3. The Labute approximate surface area is 139 Å². The Bertz CT molecular complexity index is 878. The van der Waals surface area contributed by atoms with Gasteiger partial charge in [0.1, 0.15) is 11.6 Å². The summed E-state index contributed by atoms with van der Waals surface area (Å²) in [6.07, 6.45) is 0. The Hall–Kier alpha value is -2.80. The van der Waals surface area contributed by atoms with Crippen LogP contribution in [0, 0.1) is 11.6 Å². The molecular weight excluding hydrogens is 342 g/mol. The van der Waals surface area contributed by atoms with Crippen LogP contribution in [0.5, 0.6) is 0 Å². The van der Waals surface area contributed by atoms with E-state index in [9.17, 15) is 13.6 Å². The molecule has 0 aliphatic heterocycles. The monoisotopic (exact) mass is 350 g/mol. The van der Waals surface area contributed by atoms with Gasteiger partial charge in [-0.15, -0.1) is 0 Å². The van der Waals surface area contributed by atoms with Crippen molar-refractivity contribution < 1.29 is 22.8 Å². The van der Waals surface area contributed by atoms with Crippen LogP contribution >= 0.6 is 11.6 Å². The Morgan fingerprint density at radius 2 is 1.88 bits per heavy atom. The minimum atomic E-state index is -0.911. The van der Waals surface area contributed by atoms with Gasteiger partial charge in [0.15, 0.2) is 6.61 Å². The maximum atomic E-state index is 13.1. The Morgan fingerprint density at radius 3 is 2.58 bits per heavy atom. The van der Waals surface area contributed by atoms with Crippen molar-refractivity contribution in [2.75, 3.05) is 0 Å². The van der Waals surface area contributed by atoms with Crippen LogP contribution in [0.15, 0.2) is 47.0 Å². The van der Waals surface area contributed by atoms with Crippen LogP contribution in [-0.2, 0) is 11.3 Å². The number of carbonyl (C=O) groups excluding carboxylic acids is 1. The van der Waals surface area contributed by atoms with E-state index in [4.69, 9.17) is 20.9 Å². The zero-order chi connectivity index (χ0) is 17.1. The molecule has 8 heteroatoms. The van der Waals surface area contributed by atoms with Gasteiger partial charge in [0.25, 0.3) is 5.89 Å². The van der Waals surface area contributed by atoms with Gasteiger partial charge >= 0.3 is 5.97 Å². The molecule has 0 fully saturated rings. The van der Waals surface area contributed by atoms with Crippen molar-refractivity contribution in [2.45, 2.75) is 6.61 Å². The van der Waals surface area contributed by atoms with E-state index in [0.717, 1.165) is 12.1 Å². The number of ether oxygens (including phenoxy) is 1. The number of hydrogen-bond acceptors (Lipinski definition) is 5. The third kappa shape index (κ3) is 3.57. The second-order valence-electron chi connectivity index (χ2n) is 4.73. The SMILES string of the molecule is O=C(OCc1nc(-c2ccccc2Cl)no1)c1cc(F)cc(F)c1. The fraction of sp³-hybridized carbons (Fsp3) is 0.0625. The summed E-state index contributed by atoms with van der Waals surface area (Å²) in [5.41, 5.74) is 0.311. The summed E-state index contributed by atoms with van der Waals surface area (Å²) < 4.78 is 36.0. The molecule has 0 amide bonds. The number of benzene rings is 2. The fourth-order valence-electron chi connectivity index (χ4n) is 1.95. The zero-order valence-electron chi connectivity index (χ0n) is 12.0. The molecule has 0 saturated carbocycles. The van der Waals surface area contributed by atoms with Gasteiger partial charge in [-0.1, -0.05) is 28.9 Å². The number of hydrogen-bond donors (Lipinski definition) is 0. The van der Waals surface area contributed by atoms with Crippen molar-refractivity contribution in [1.29, 1.82) is 0 Å². The highest BCUT2D eigenvalue weighted by Gasteiger charge is 2.15. The van der Waals surface area contributed by atoms with Crippen molar-refractivity contribution in [3.8, 4) is 11.4 Å². The summed E-state index contributed by atoms with van der Waals surface area (Å²) >= 11 is 6.03. The molecule has 2 aromatic carbocycles. The molecule has 0 radical (unpaired) electrons. The van der Waals surface area contributed by atoms with Crippen molar-refractivity contribution in [1.82, 2.24) is 10.1 Å². The van der Waals surface area contributed by atoms with Gasteiger partial charge in [-0.2, -0.15) is 4.98 Å². The van der Waals surface area contributed by atoms with E-state index >= 15 is 0 Å². The second kappa shape index (κ2) is 6.76. The Morgan fingerprint density at radius 1 is 1.17 bits per heavy atom. The molecule has 24 heavy (non-hydrogen) atoms. The molecule has 3 rings (SSSR count). The predicted octanol–water partition coefficient (Wildman–Crippen LogP) is 4.03. The van der Waals surface area contributed by atoms with Gasteiger partial charge in [0.05, 0.1) is 10.6 Å². The Balaban J connectivity index is 1.69. The molecule has 0 atom stereocenters. The third-order valence-electron chi connectivity index (χ3n) is 3.01. The van der Waals surface area contributed by atoms with E-state index < -0.39 is 17.6 Å². The average Bonchev–Trinajstić information content (AvgIpc) is 3.01. The normalized spacial score (nSPS) is 10.6. The predicted molar refractivity (Wildman–Crippen MR) is 80.2 cm³/mol. The van der Waals surface area contributed by atoms with E-state index in [0.29, 0.717) is 16.7 Å². The van der Waals surface area contributed by atoms with E-state index in [1.54, 1.807) is 24.3 Å². The van der Waals surface area contributed by atoms with E-state index in [1.165, 1.54) is 0 Å². The Kier molecular flexibility index (Phi) is 4.52. The highest BCUT2D eigenvalue weighted by atomic mass is 35.5. The number of carbonyl (C=O) groups is 1. The van der Waals surface area contributed by atoms with Gasteiger partial charge < -0.3 is 9.26 Å². The van der Waals surface area contributed by atoms with Crippen molar-refractivity contribution >= 4 is 17.6 Å². The van der Waals surface area contributed by atoms with Gasteiger partial charge in [-0.3, -0.25) is 0 Å². The van der Waals surface area contributed by atoms with Crippen LogP contribution < -0.4 is 0 Å². The fourth-order valence-corrected chi connectivity index (χ4v) is 2.17. The first kappa shape index (κ1) is 16.1. The minimum absolute atomic E-state index is 0.0233. The van der Waals surface area contributed by atoms with Crippen molar-refractivity contribution in [3.05, 3.63) is 70.6 Å². The molecule has 5 nitrogen and oxygen atoms in total. The molecule has 3 aromatic rings. The number of rotatable bonds is 4. The first-order chi connectivity index (χ1) is 11.5. The number of esters is 1. The summed E-state index contributed by atoms with van der Waals surface area (Å²) in [5, 5.41) is 4.19. The topological polar surface area (TPSA) is 65.2 Å². The lowest BCUT2D eigenvalue weighted by Gasteiger charge is -2.02. The summed E-state index contributed by atoms with van der Waals surface area (Å²) in [6.45, 7) is -0.339. The summed E-state index contributed by atoms with van der Waals surface area (Å²) in [7, 11) is 0. The zero-order valence-corrected chi connectivity index (χ0v) is 12.8. The van der Waals surface area contributed by atoms with Crippen LogP contribution in [0.1, 0.15) is 16.2 Å². The summed E-state index contributed by atoms with van der Waals surface area (Å²) in [5.74, 6) is -2.40. The van der Waals surface area contributed by atoms with Crippen LogP contribution in [0.4, 0.5) is 8.78 Å². The lowest BCUT2D eigenvalue weighted by molar-refractivity contribution is 0.0428. The van der Waals surface area contributed by atoms with Gasteiger partial charge in [-0.05, 0) is 24.3 Å².